The second-order valence-corrected chi connectivity index (χ2v) is 7.66. The second kappa shape index (κ2) is 6.13. The van der Waals surface area contributed by atoms with E-state index in [0.717, 1.165) is 28.3 Å². The fraction of sp³-hybridized carbons (Fsp3) is 0.211. The van der Waals surface area contributed by atoms with E-state index in [2.05, 4.69) is 11.9 Å². The highest BCUT2D eigenvalue weighted by atomic mass is 32.2. The topological polar surface area (TPSA) is 83.5 Å². The SMILES string of the molecule is C=CC(=O)NC(CC)(c1cccc2c1Cc1ccccc1-2)S(=O)(=O)O. The van der Waals surface area contributed by atoms with Crippen LogP contribution in [0.25, 0.3) is 11.1 Å². The highest BCUT2D eigenvalue weighted by Gasteiger charge is 2.46. The first-order chi connectivity index (χ1) is 11.8. The van der Waals surface area contributed by atoms with E-state index >= 15 is 0 Å². The van der Waals surface area contributed by atoms with Gasteiger partial charge in [-0.1, -0.05) is 56.0 Å². The van der Waals surface area contributed by atoms with Crippen LogP contribution < -0.4 is 5.32 Å². The maximum Gasteiger partial charge on any atom is 0.293 e. The smallest absolute Gasteiger partial charge is 0.293 e. The molecular weight excluding hydrogens is 338 g/mol. The number of benzene rings is 2. The predicted molar refractivity (Wildman–Crippen MR) is 96.5 cm³/mol. The first kappa shape index (κ1) is 17.4. The van der Waals surface area contributed by atoms with Gasteiger partial charge in [-0.15, -0.1) is 0 Å². The van der Waals surface area contributed by atoms with Gasteiger partial charge in [-0.25, -0.2) is 0 Å². The Bertz CT molecular complexity index is 965. The summed E-state index contributed by atoms with van der Waals surface area (Å²) in [5.74, 6) is -0.660. The third-order valence-corrected chi connectivity index (χ3v) is 6.23. The van der Waals surface area contributed by atoms with Crippen molar-refractivity contribution < 1.29 is 17.8 Å². The summed E-state index contributed by atoms with van der Waals surface area (Å²) in [7, 11) is -4.62. The van der Waals surface area contributed by atoms with Crippen LogP contribution in [-0.4, -0.2) is 18.9 Å². The van der Waals surface area contributed by atoms with E-state index in [1.807, 2.05) is 30.3 Å². The fourth-order valence-corrected chi connectivity index (χ4v) is 4.58. The van der Waals surface area contributed by atoms with Crippen LogP contribution in [0.3, 0.4) is 0 Å². The lowest BCUT2D eigenvalue weighted by Crippen LogP contribution is -2.51. The molecule has 130 valence electrons. The lowest BCUT2D eigenvalue weighted by Gasteiger charge is -2.32. The second-order valence-electron chi connectivity index (χ2n) is 6.01. The largest absolute Gasteiger partial charge is 0.328 e. The number of hydrogen-bond acceptors (Lipinski definition) is 3. The number of hydrogen-bond donors (Lipinski definition) is 2. The van der Waals surface area contributed by atoms with Crippen molar-refractivity contribution in [3.63, 3.8) is 0 Å². The minimum Gasteiger partial charge on any atom is -0.328 e. The zero-order valence-corrected chi connectivity index (χ0v) is 14.6. The van der Waals surface area contributed by atoms with Crippen molar-refractivity contribution in [2.45, 2.75) is 24.6 Å². The standard InChI is InChI=1S/C19H19NO4S/c1-3-18(21)20-19(4-2,25(22,23)24)17-11-7-10-15-14-9-6-5-8-13(14)12-16(15)17/h3,5-11H,1,4,12H2,2H3,(H,20,21)(H,22,23,24). The monoisotopic (exact) mass is 357 g/mol. The van der Waals surface area contributed by atoms with Gasteiger partial charge in [0.25, 0.3) is 10.1 Å². The van der Waals surface area contributed by atoms with Gasteiger partial charge in [0, 0.05) is 0 Å². The molecule has 0 aromatic heterocycles. The number of rotatable bonds is 5. The van der Waals surface area contributed by atoms with E-state index in [-0.39, 0.29) is 6.42 Å². The van der Waals surface area contributed by atoms with E-state index in [0.29, 0.717) is 12.0 Å². The van der Waals surface area contributed by atoms with Gasteiger partial charge in [0.15, 0.2) is 4.87 Å². The van der Waals surface area contributed by atoms with Crippen LogP contribution in [0.4, 0.5) is 0 Å². The molecule has 1 atom stereocenters. The minimum absolute atomic E-state index is 0.0157. The van der Waals surface area contributed by atoms with Gasteiger partial charge >= 0.3 is 0 Å². The number of fused-ring (bicyclic) bond motifs is 3. The van der Waals surface area contributed by atoms with Gasteiger partial charge in [-0.3, -0.25) is 9.35 Å². The van der Waals surface area contributed by atoms with Gasteiger partial charge in [0.2, 0.25) is 5.91 Å². The number of amides is 1. The summed E-state index contributed by atoms with van der Waals surface area (Å²) >= 11 is 0. The molecule has 1 aliphatic rings. The van der Waals surface area contributed by atoms with Gasteiger partial charge in [-0.05, 0) is 46.7 Å². The zero-order chi connectivity index (χ0) is 18.2. The molecule has 0 bridgehead atoms. The Kier molecular flexibility index (Phi) is 4.26. The van der Waals surface area contributed by atoms with Crippen LogP contribution in [0, 0.1) is 0 Å². The molecule has 1 aliphatic carbocycles. The van der Waals surface area contributed by atoms with Crippen LogP contribution in [0.1, 0.15) is 30.0 Å². The summed E-state index contributed by atoms with van der Waals surface area (Å²) in [6, 6.07) is 13.1. The van der Waals surface area contributed by atoms with Crippen molar-refractivity contribution in [3.8, 4) is 11.1 Å². The zero-order valence-electron chi connectivity index (χ0n) is 13.8. The molecule has 3 rings (SSSR count). The molecule has 0 heterocycles. The average Bonchev–Trinajstić information content (AvgIpc) is 2.97. The summed E-state index contributed by atoms with van der Waals surface area (Å²) in [5, 5.41) is 2.45. The van der Waals surface area contributed by atoms with Gasteiger partial charge in [0.05, 0.1) is 0 Å². The third-order valence-electron chi connectivity index (χ3n) is 4.73. The van der Waals surface area contributed by atoms with E-state index < -0.39 is 20.9 Å². The third kappa shape index (κ3) is 2.67. The Balaban J connectivity index is 2.26. The highest BCUT2D eigenvalue weighted by Crippen LogP contribution is 2.43. The van der Waals surface area contributed by atoms with Crippen molar-refractivity contribution >= 4 is 16.0 Å². The van der Waals surface area contributed by atoms with Crippen LogP contribution >= 0.6 is 0 Å². The molecule has 2 aromatic rings. The lowest BCUT2D eigenvalue weighted by atomic mass is 9.94. The van der Waals surface area contributed by atoms with E-state index in [9.17, 15) is 17.8 Å². The molecule has 6 heteroatoms. The Labute approximate surface area is 147 Å². The van der Waals surface area contributed by atoms with Gasteiger partial charge < -0.3 is 5.32 Å². The quantitative estimate of drug-likeness (QED) is 0.543. The molecule has 5 nitrogen and oxygen atoms in total. The van der Waals surface area contributed by atoms with E-state index in [1.165, 1.54) is 0 Å². The van der Waals surface area contributed by atoms with Crippen molar-refractivity contribution in [2.24, 2.45) is 0 Å². The Hall–Kier alpha value is -2.44. The molecule has 2 N–H and O–H groups in total. The normalized spacial score (nSPS) is 15.0. The molecule has 0 saturated carbocycles. The van der Waals surface area contributed by atoms with Crippen molar-refractivity contribution in [2.75, 3.05) is 0 Å². The summed E-state index contributed by atoms with van der Waals surface area (Å²) in [6.45, 7) is 4.98. The van der Waals surface area contributed by atoms with Crippen LogP contribution in [0.5, 0.6) is 0 Å². The van der Waals surface area contributed by atoms with Crippen molar-refractivity contribution in [3.05, 3.63) is 71.8 Å². The van der Waals surface area contributed by atoms with Gasteiger partial charge in [-0.2, -0.15) is 8.42 Å². The number of carbonyl (C=O) groups excluding carboxylic acids is 1. The van der Waals surface area contributed by atoms with E-state index in [1.54, 1.807) is 19.1 Å². The van der Waals surface area contributed by atoms with Crippen molar-refractivity contribution in [1.82, 2.24) is 5.32 Å². The summed E-state index contributed by atoms with van der Waals surface area (Å²) in [4.78, 5) is 10.0. The molecular formula is C19H19NO4S. The van der Waals surface area contributed by atoms with Crippen LogP contribution in [0.2, 0.25) is 0 Å². The Morgan fingerprint density at radius 3 is 2.56 bits per heavy atom. The molecule has 0 saturated heterocycles. The maximum atomic E-state index is 12.3. The van der Waals surface area contributed by atoms with Crippen LogP contribution in [0.15, 0.2) is 55.1 Å². The molecule has 2 aromatic carbocycles. The fourth-order valence-electron chi connectivity index (χ4n) is 3.52. The Morgan fingerprint density at radius 1 is 1.24 bits per heavy atom. The Morgan fingerprint density at radius 2 is 1.92 bits per heavy atom. The predicted octanol–water partition coefficient (Wildman–Crippen LogP) is 3.01. The summed E-state index contributed by atoms with van der Waals surface area (Å²) < 4.78 is 34.6. The molecule has 0 aliphatic heterocycles. The molecule has 25 heavy (non-hydrogen) atoms. The maximum absolute atomic E-state index is 12.3. The molecule has 0 spiro atoms. The van der Waals surface area contributed by atoms with E-state index in [4.69, 9.17) is 0 Å². The highest BCUT2D eigenvalue weighted by molar-refractivity contribution is 7.86. The molecule has 0 radical (unpaired) electrons. The summed E-state index contributed by atoms with van der Waals surface area (Å²) in [5.41, 5.74) is 4.23. The summed E-state index contributed by atoms with van der Waals surface area (Å²) in [6.07, 6.45) is 1.52. The van der Waals surface area contributed by atoms with Crippen LogP contribution in [-0.2, 0) is 26.2 Å². The average molecular weight is 357 g/mol. The first-order valence-electron chi connectivity index (χ1n) is 7.96. The number of nitrogens with one attached hydrogen (secondary N) is 1. The number of carbonyl (C=O) groups is 1. The molecule has 1 unspecified atom stereocenters. The molecule has 0 fully saturated rings. The van der Waals surface area contributed by atoms with Gasteiger partial charge in [0.1, 0.15) is 0 Å². The first-order valence-corrected chi connectivity index (χ1v) is 9.40. The van der Waals surface area contributed by atoms with Crippen molar-refractivity contribution in [1.29, 1.82) is 0 Å². The molecule has 1 amide bonds. The minimum atomic E-state index is -4.62. The lowest BCUT2D eigenvalue weighted by molar-refractivity contribution is -0.117.